The van der Waals surface area contributed by atoms with Gasteiger partial charge in [-0.3, -0.25) is 24.6 Å². The molecule has 1 atom stereocenters. The minimum absolute atomic E-state index is 0.0580. The molecule has 4 rings (SSSR count). The van der Waals surface area contributed by atoms with Crippen molar-refractivity contribution in [2.24, 2.45) is 0 Å². The molecule has 0 spiro atoms. The fraction of sp³-hybridized carbons (Fsp3) is 0.455. The van der Waals surface area contributed by atoms with E-state index in [1.165, 1.54) is 4.90 Å². The van der Waals surface area contributed by atoms with Crippen molar-refractivity contribution in [2.45, 2.75) is 26.3 Å². The summed E-state index contributed by atoms with van der Waals surface area (Å²) in [6.45, 7) is 7.85. The first kappa shape index (κ1) is 21.2. The van der Waals surface area contributed by atoms with Crippen molar-refractivity contribution in [3.05, 3.63) is 52.6 Å². The Hall–Kier alpha value is -3.04. The second kappa shape index (κ2) is 8.99. The van der Waals surface area contributed by atoms with E-state index in [9.17, 15) is 14.7 Å². The highest BCUT2D eigenvalue weighted by Crippen LogP contribution is 2.39. The summed E-state index contributed by atoms with van der Waals surface area (Å²) in [6.07, 6.45) is 2.33. The van der Waals surface area contributed by atoms with Crippen LogP contribution < -0.4 is 0 Å². The summed E-state index contributed by atoms with van der Waals surface area (Å²) >= 11 is 0. The number of aryl methyl sites for hydroxylation is 2. The molecule has 2 aromatic heterocycles. The van der Waals surface area contributed by atoms with E-state index in [0.29, 0.717) is 48.8 Å². The number of hydrogen-bond donors (Lipinski definition) is 2. The number of rotatable bonds is 6. The van der Waals surface area contributed by atoms with Gasteiger partial charge in [0.2, 0.25) is 0 Å². The first-order chi connectivity index (χ1) is 15.0. The smallest absolute Gasteiger partial charge is 0.295 e. The molecular weight excluding hydrogens is 398 g/mol. The molecule has 1 amide bonds. The van der Waals surface area contributed by atoms with Crippen LogP contribution in [-0.2, 0) is 14.3 Å². The summed E-state index contributed by atoms with van der Waals surface area (Å²) < 4.78 is 5.38. The number of carbonyl (C=O) groups is 2. The number of nitrogens with zero attached hydrogens (tertiary/aromatic N) is 4. The number of amides is 1. The van der Waals surface area contributed by atoms with Gasteiger partial charge in [-0.25, -0.2) is 0 Å². The van der Waals surface area contributed by atoms with Gasteiger partial charge >= 0.3 is 0 Å². The fourth-order valence-corrected chi connectivity index (χ4v) is 4.28. The van der Waals surface area contributed by atoms with Crippen molar-refractivity contribution < 1.29 is 19.4 Å². The number of aromatic nitrogens is 3. The molecule has 0 bridgehead atoms. The second-order valence-electron chi connectivity index (χ2n) is 7.86. The first-order valence-electron chi connectivity index (χ1n) is 10.5. The number of hydrogen-bond acceptors (Lipinski definition) is 7. The van der Waals surface area contributed by atoms with Gasteiger partial charge in [0.1, 0.15) is 11.8 Å². The predicted octanol–water partition coefficient (Wildman–Crippen LogP) is 1.57. The molecule has 2 saturated heterocycles. The third-order valence-corrected chi connectivity index (χ3v) is 5.85. The highest BCUT2D eigenvalue weighted by molar-refractivity contribution is 6.46. The van der Waals surface area contributed by atoms with E-state index >= 15 is 0 Å². The third-order valence-electron chi connectivity index (χ3n) is 5.85. The van der Waals surface area contributed by atoms with Crippen LogP contribution in [0.1, 0.15) is 35.1 Å². The molecule has 164 valence electrons. The second-order valence-corrected chi connectivity index (χ2v) is 7.86. The Bertz CT molecular complexity index is 975. The number of ether oxygens (including phenoxy) is 1. The van der Waals surface area contributed by atoms with Crippen LogP contribution in [0.15, 0.2) is 30.0 Å². The third kappa shape index (κ3) is 4.11. The van der Waals surface area contributed by atoms with E-state index in [4.69, 9.17) is 4.74 Å². The zero-order valence-corrected chi connectivity index (χ0v) is 17.8. The molecule has 9 heteroatoms. The molecule has 0 saturated carbocycles. The van der Waals surface area contributed by atoms with Gasteiger partial charge < -0.3 is 14.7 Å². The summed E-state index contributed by atoms with van der Waals surface area (Å²) in [5.41, 5.74) is 2.25. The molecule has 31 heavy (non-hydrogen) atoms. The Morgan fingerprint density at radius 1 is 1.23 bits per heavy atom. The van der Waals surface area contributed by atoms with Crippen LogP contribution in [0, 0.1) is 13.8 Å². The number of H-pyrrole nitrogens is 1. The number of Topliss-reactive ketones (excluding diaryl/α,β-unsaturated/α-hetero) is 1. The minimum Gasteiger partial charge on any atom is -0.507 e. The van der Waals surface area contributed by atoms with Crippen molar-refractivity contribution in [1.82, 2.24) is 25.0 Å². The van der Waals surface area contributed by atoms with Gasteiger partial charge in [-0.2, -0.15) is 5.10 Å². The normalized spacial score (nSPS) is 21.7. The van der Waals surface area contributed by atoms with Gasteiger partial charge in [0.25, 0.3) is 11.7 Å². The van der Waals surface area contributed by atoms with Gasteiger partial charge in [0.15, 0.2) is 0 Å². The number of morpholine rings is 1. The zero-order valence-electron chi connectivity index (χ0n) is 17.8. The topological polar surface area (TPSA) is 112 Å². The average molecular weight is 425 g/mol. The van der Waals surface area contributed by atoms with Crippen LogP contribution in [-0.4, -0.2) is 81.2 Å². The van der Waals surface area contributed by atoms with E-state index in [-0.39, 0.29) is 11.3 Å². The van der Waals surface area contributed by atoms with Crippen molar-refractivity contribution >= 4 is 17.4 Å². The molecule has 0 aromatic carbocycles. The maximum atomic E-state index is 13.0. The van der Waals surface area contributed by atoms with Crippen molar-refractivity contribution in [2.75, 3.05) is 39.4 Å². The number of nitrogens with one attached hydrogen (secondary N) is 1. The molecule has 0 radical (unpaired) electrons. The SMILES string of the molecule is Cc1n[nH]c(C)c1/C(O)=C1\C(=O)C(=O)N(CCCN2CCOCC2)[C@H]1c1ccccn1. The number of aromatic amines is 1. The monoisotopic (exact) mass is 425 g/mol. The Morgan fingerprint density at radius 2 is 2.00 bits per heavy atom. The lowest BCUT2D eigenvalue weighted by atomic mass is 9.97. The van der Waals surface area contributed by atoms with Gasteiger partial charge in [0, 0.05) is 38.1 Å². The van der Waals surface area contributed by atoms with E-state index in [1.807, 2.05) is 6.07 Å². The van der Waals surface area contributed by atoms with Crippen LogP contribution in [0.5, 0.6) is 0 Å². The molecule has 2 aliphatic rings. The fourth-order valence-electron chi connectivity index (χ4n) is 4.28. The maximum absolute atomic E-state index is 13.0. The molecule has 2 aromatic rings. The number of ketones is 1. The number of aliphatic hydroxyl groups excluding tert-OH is 1. The lowest BCUT2D eigenvalue weighted by Gasteiger charge is -2.28. The van der Waals surface area contributed by atoms with Crippen molar-refractivity contribution in [3.8, 4) is 0 Å². The van der Waals surface area contributed by atoms with E-state index in [1.54, 1.807) is 32.2 Å². The Kier molecular flexibility index (Phi) is 6.15. The summed E-state index contributed by atoms with van der Waals surface area (Å²) in [4.78, 5) is 34.2. The van der Waals surface area contributed by atoms with E-state index < -0.39 is 17.7 Å². The number of carbonyl (C=O) groups excluding carboxylic acids is 2. The predicted molar refractivity (Wildman–Crippen MR) is 113 cm³/mol. The van der Waals surface area contributed by atoms with Crippen LogP contribution >= 0.6 is 0 Å². The number of likely N-dealkylation sites (tertiary alicyclic amines) is 1. The summed E-state index contributed by atoms with van der Waals surface area (Å²) in [6, 6.07) is 4.62. The lowest BCUT2D eigenvalue weighted by Crippen LogP contribution is -2.39. The summed E-state index contributed by atoms with van der Waals surface area (Å²) in [5.74, 6) is -1.52. The zero-order chi connectivity index (χ0) is 22.0. The van der Waals surface area contributed by atoms with Gasteiger partial charge in [-0.15, -0.1) is 0 Å². The lowest BCUT2D eigenvalue weighted by molar-refractivity contribution is -0.140. The van der Waals surface area contributed by atoms with Crippen LogP contribution in [0.25, 0.3) is 5.76 Å². The molecule has 2 fully saturated rings. The van der Waals surface area contributed by atoms with Gasteiger partial charge in [-0.05, 0) is 32.4 Å². The number of aliphatic hydroxyl groups is 1. The van der Waals surface area contributed by atoms with Crippen molar-refractivity contribution in [3.63, 3.8) is 0 Å². The molecule has 9 nitrogen and oxygen atoms in total. The van der Waals surface area contributed by atoms with E-state index in [0.717, 1.165) is 19.6 Å². The average Bonchev–Trinajstić information content (AvgIpc) is 3.25. The standard InChI is InChI=1S/C22H27N5O4/c1-14-17(15(2)25-24-14)20(28)18-19(16-6-3-4-7-23-16)27(22(30)21(18)29)9-5-8-26-10-12-31-13-11-26/h3-4,6-7,19,28H,5,8-13H2,1-2H3,(H,24,25)/b20-18+/t19-/m0/s1. The highest BCUT2D eigenvalue weighted by Gasteiger charge is 2.46. The van der Waals surface area contributed by atoms with Gasteiger partial charge in [-0.1, -0.05) is 6.07 Å². The minimum atomic E-state index is -0.736. The molecular formula is C22H27N5O4. The quantitative estimate of drug-likeness (QED) is 0.410. The largest absolute Gasteiger partial charge is 0.507 e. The van der Waals surface area contributed by atoms with Crippen LogP contribution in [0.2, 0.25) is 0 Å². The van der Waals surface area contributed by atoms with Crippen LogP contribution in [0.3, 0.4) is 0 Å². The Labute approximate surface area is 180 Å². The highest BCUT2D eigenvalue weighted by atomic mass is 16.5. The Balaban J connectivity index is 1.67. The molecule has 2 N–H and O–H groups in total. The first-order valence-corrected chi connectivity index (χ1v) is 10.5. The molecule has 0 aliphatic carbocycles. The summed E-state index contributed by atoms with van der Waals surface area (Å²) in [7, 11) is 0. The number of pyridine rings is 1. The molecule has 4 heterocycles. The molecule has 2 aliphatic heterocycles. The maximum Gasteiger partial charge on any atom is 0.295 e. The van der Waals surface area contributed by atoms with Crippen LogP contribution in [0.4, 0.5) is 0 Å². The Morgan fingerprint density at radius 3 is 2.65 bits per heavy atom. The molecule has 0 unspecified atom stereocenters. The van der Waals surface area contributed by atoms with Crippen molar-refractivity contribution in [1.29, 1.82) is 0 Å². The van der Waals surface area contributed by atoms with Gasteiger partial charge in [0.05, 0.1) is 35.7 Å². The van der Waals surface area contributed by atoms with E-state index in [2.05, 4.69) is 20.1 Å². The summed E-state index contributed by atoms with van der Waals surface area (Å²) in [5, 5.41) is 18.0.